The maximum atomic E-state index is 12.9. The van der Waals surface area contributed by atoms with Crippen molar-refractivity contribution in [2.75, 3.05) is 26.2 Å². The number of aromatic amines is 1. The lowest BCUT2D eigenvalue weighted by atomic mass is 10.1. The fourth-order valence-corrected chi connectivity index (χ4v) is 4.05. The van der Waals surface area contributed by atoms with Gasteiger partial charge in [0.2, 0.25) is 0 Å². The maximum Gasteiger partial charge on any atom is 0.270 e. The summed E-state index contributed by atoms with van der Waals surface area (Å²) in [6.07, 6.45) is 0.109. The minimum Gasteiger partial charge on any atom is -0.373 e. The Morgan fingerprint density at radius 2 is 2.04 bits per heavy atom. The third kappa shape index (κ3) is 3.22. The Kier molecular flexibility index (Phi) is 4.36. The summed E-state index contributed by atoms with van der Waals surface area (Å²) >= 11 is 0. The predicted molar refractivity (Wildman–Crippen MR) is 96.6 cm³/mol. The molecule has 1 aromatic carbocycles. The average Bonchev–Trinajstić information content (AvgIpc) is 3.19. The van der Waals surface area contributed by atoms with Crippen molar-refractivity contribution in [3.8, 4) is 0 Å². The predicted octanol–water partition coefficient (Wildman–Crippen LogP) is 2.36. The number of carbonyl (C=O) groups excluding carboxylic acids is 1. The first-order valence-electron chi connectivity index (χ1n) is 8.97. The van der Waals surface area contributed by atoms with Crippen molar-refractivity contribution in [3.05, 3.63) is 58.9 Å². The Hall–Kier alpha value is -2.11. The van der Waals surface area contributed by atoms with E-state index in [1.54, 1.807) is 0 Å². The van der Waals surface area contributed by atoms with Crippen LogP contribution in [0.15, 0.2) is 36.4 Å². The standard InChI is InChI=1S/C20H25N3O2/c1-14-10-15(2)21-19(14)20(24)23-12-17-18(13-23)25-9-8-22(17)11-16-6-4-3-5-7-16/h3-7,10,17-18,21H,8-9,11-13H2,1-2H3/t17-,18-/m1/s1. The number of nitrogens with one attached hydrogen (secondary N) is 1. The maximum absolute atomic E-state index is 12.9. The lowest BCUT2D eigenvalue weighted by molar-refractivity contribution is -0.0503. The van der Waals surface area contributed by atoms with E-state index in [9.17, 15) is 4.79 Å². The summed E-state index contributed by atoms with van der Waals surface area (Å²) in [5.41, 5.74) is 4.06. The number of rotatable bonds is 3. The highest BCUT2D eigenvalue weighted by Gasteiger charge is 2.42. The summed E-state index contributed by atoms with van der Waals surface area (Å²) in [5.74, 6) is 0.0864. The molecule has 0 bridgehead atoms. The smallest absolute Gasteiger partial charge is 0.270 e. The van der Waals surface area contributed by atoms with E-state index in [4.69, 9.17) is 4.74 Å². The van der Waals surface area contributed by atoms with Gasteiger partial charge in [-0.2, -0.15) is 0 Å². The molecule has 3 heterocycles. The number of carbonyl (C=O) groups is 1. The van der Waals surface area contributed by atoms with Crippen molar-refractivity contribution < 1.29 is 9.53 Å². The molecule has 4 rings (SSSR count). The molecule has 0 saturated carbocycles. The highest BCUT2D eigenvalue weighted by Crippen LogP contribution is 2.26. The molecule has 0 radical (unpaired) electrons. The van der Waals surface area contributed by atoms with E-state index in [1.165, 1.54) is 5.56 Å². The summed E-state index contributed by atoms with van der Waals surface area (Å²) in [5, 5.41) is 0. The van der Waals surface area contributed by atoms with Crippen molar-refractivity contribution in [2.45, 2.75) is 32.5 Å². The number of aromatic nitrogens is 1. The number of aryl methyl sites for hydroxylation is 2. The van der Waals surface area contributed by atoms with Crippen LogP contribution in [0.5, 0.6) is 0 Å². The second-order valence-corrected chi connectivity index (χ2v) is 7.15. The van der Waals surface area contributed by atoms with E-state index >= 15 is 0 Å². The molecule has 5 heteroatoms. The molecule has 5 nitrogen and oxygen atoms in total. The Balaban J connectivity index is 1.49. The molecule has 0 aliphatic carbocycles. The summed E-state index contributed by atoms with van der Waals surface area (Å²) in [6.45, 7) is 7.93. The number of morpholine rings is 1. The van der Waals surface area contributed by atoms with E-state index in [1.807, 2.05) is 30.9 Å². The quantitative estimate of drug-likeness (QED) is 0.934. The van der Waals surface area contributed by atoms with Gasteiger partial charge in [0.1, 0.15) is 5.69 Å². The first-order valence-corrected chi connectivity index (χ1v) is 8.97. The van der Waals surface area contributed by atoms with E-state index in [0.717, 1.165) is 37.5 Å². The molecule has 2 atom stereocenters. The van der Waals surface area contributed by atoms with Crippen LogP contribution in [-0.2, 0) is 11.3 Å². The Morgan fingerprint density at radius 3 is 2.76 bits per heavy atom. The van der Waals surface area contributed by atoms with Gasteiger partial charge in [0.25, 0.3) is 5.91 Å². The topological polar surface area (TPSA) is 48.6 Å². The van der Waals surface area contributed by atoms with Crippen LogP contribution in [0, 0.1) is 13.8 Å². The van der Waals surface area contributed by atoms with Gasteiger partial charge in [0.15, 0.2) is 0 Å². The van der Waals surface area contributed by atoms with Crippen LogP contribution in [0.3, 0.4) is 0 Å². The molecule has 0 unspecified atom stereocenters. The average molecular weight is 339 g/mol. The van der Waals surface area contributed by atoms with Gasteiger partial charge in [0.05, 0.1) is 18.8 Å². The molecule has 132 valence electrons. The molecule has 2 aliphatic rings. The van der Waals surface area contributed by atoms with Gasteiger partial charge in [-0.05, 0) is 31.0 Å². The molecule has 2 aromatic rings. The molecule has 25 heavy (non-hydrogen) atoms. The minimum absolute atomic E-state index is 0.0864. The first kappa shape index (κ1) is 16.4. The van der Waals surface area contributed by atoms with Gasteiger partial charge in [-0.1, -0.05) is 30.3 Å². The molecule has 2 aliphatic heterocycles. The fraction of sp³-hybridized carbons (Fsp3) is 0.450. The summed E-state index contributed by atoms with van der Waals surface area (Å²) in [6, 6.07) is 12.8. The van der Waals surface area contributed by atoms with Crippen molar-refractivity contribution in [1.82, 2.24) is 14.8 Å². The minimum atomic E-state index is 0.0864. The third-order valence-electron chi connectivity index (χ3n) is 5.30. The van der Waals surface area contributed by atoms with Crippen molar-refractivity contribution in [1.29, 1.82) is 0 Å². The van der Waals surface area contributed by atoms with Crippen LogP contribution in [0.25, 0.3) is 0 Å². The van der Waals surface area contributed by atoms with Gasteiger partial charge in [-0.3, -0.25) is 9.69 Å². The third-order valence-corrected chi connectivity index (χ3v) is 5.30. The Morgan fingerprint density at radius 1 is 1.24 bits per heavy atom. The monoisotopic (exact) mass is 339 g/mol. The molecule has 2 fully saturated rings. The van der Waals surface area contributed by atoms with E-state index in [2.05, 4.69) is 34.1 Å². The Bertz CT molecular complexity index is 756. The molecular formula is C20H25N3O2. The number of hydrogen-bond donors (Lipinski definition) is 1. The van der Waals surface area contributed by atoms with Crippen molar-refractivity contribution in [3.63, 3.8) is 0 Å². The molecule has 0 spiro atoms. The molecule has 1 amide bonds. The van der Waals surface area contributed by atoms with E-state index in [0.29, 0.717) is 12.2 Å². The van der Waals surface area contributed by atoms with Crippen LogP contribution in [0.4, 0.5) is 0 Å². The largest absolute Gasteiger partial charge is 0.373 e. The van der Waals surface area contributed by atoms with Crippen LogP contribution in [0.2, 0.25) is 0 Å². The first-order chi connectivity index (χ1) is 12.1. The van der Waals surface area contributed by atoms with E-state index < -0.39 is 0 Å². The number of likely N-dealkylation sites (tertiary alicyclic amines) is 1. The van der Waals surface area contributed by atoms with Crippen molar-refractivity contribution in [2.24, 2.45) is 0 Å². The van der Waals surface area contributed by atoms with Gasteiger partial charge < -0.3 is 14.6 Å². The van der Waals surface area contributed by atoms with Crippen LogP contribution < -0.4 is 0 Å². The van der Waals surface area contributed by atoms with E-state index in [-0.39, 0.29) is 18.1 Å². The van der Waals surface area contributed by atoms with Crippen molar-refractivity contribution >= 4 is 5.91 Å². The second-order valence-electron chi connectivity index (χ2n) is 7.15. The van der Waals surface area contributed by atoms with Gasteiger partial charge >= 0.3 is 0 Å². The lowest BCUT2D eigenvalue weighted by Crippen LogP contribution is -2.50. The zero-order valence-electron chi connectivity index (χ0n) is 14.9. The lowest BCUT2D eigenvalue weighted by Gasteiger charge is -2.36. The summed E-state index contributed by atoms with van der Waals surface area (Å²) in [7, 11) is 0. The van der Waals surface area contributed by atoms with Gasteiger partial charge in [0, 0.05) is 31.9 Å². The summed E-state index contributed by atoms with van der Waals surface area (Å²) < 4.78 is 5.98. The van der Waals surface area contributed by atoms with Crippen LogP contribution in [0.1, 0.15) is 27.3 Å². The number of benzene rings is 1. The SMILES string of the molecule is Cc1cc(C)c(C(=O)N2C[C@@H]3[C@@H](C2)OCCN3Cc2ccccc2)[nH]1. The normalized spacial score (nSPS) is 23.7. The number of hydrogen-bond acceptors (Lipinski definition) is 3. The molecular weight excluding hydrogens is 314 g/mol. The zero-order valence-corrected chi connectivity index (χ0v) is 14.9. The number of nitrogens with zero attached hydrogens (tertiary/aromatic N) is 2. The van der Waals surface area contributed by atoms with Gasteiger partial charge in [-0.15, -0.1) is 0 Å². The van der Waals surface area contributed by atoms with Crippen LogP contribution in [-0.4, -0.2) is 59.1 Å². The highest BCUT2D eigenvalue weighted by molar-refractivity contribution is 5.94. The number of amides is 1. The summed E-state index contributed by atoms with van der Waals surface area (Å²) in [4.78, 5) is 20.5. The fourth-order valence-electron chi connectivity index (χ4n) is 4.05. The molecule has 1 N–H and O–H groups in total. The number of fused-ring (bicyclic) bond motifs is 1. The van der Waals surface area contributed by atoms with Gasteiger partial charge in [-0.25, -0.2) is 0 Å². The zero-order chi connectivity index (χ0) is 17.4. The highest BCUT2D eigenvalue weighted by atomic mass is 16.5. The number of ether oxygens (including phenoxy) is 1. The molecule has 1 aromatic heterocycles. The number of H-pyrrole nitrogens is 1. The molecule has 2 saturated heterocycles. The second kappa shape index (κ2) is 6.65. The van der Waals surface area contributed by atoms with Crippen LogP contribution >= 0.6 is 0 Å². The Labute approximate surface area is 148 Å².